The Morgan fingerprint density at radius 3 is 2.56 bits per heavy atom. The quantitative estimate of drug-likeness (QED) is 0.722. The van der Waals surface area contributed by atoms with E-state index in [0.717, 1.165) is 11.4 Å². The summed E-state index contributed by atoms with van der Waals surface area (Å²) >= 11 is 1.24. The third-order valence-corrected chi connectivity index (χ3v) is 4.08. The molecule has 0 aliphatic heterocycles. The number of anilines is 1. The third kappa shape index (κ3) is 5.60. The molecule has 1 heterocycles. The lowest BCUT2D eigenvalue weighted by Gasteiger charge is -2.13. The van der Waals surface area contributed by atoms with Crippen LogP contribution in [0.5, 0.6) is 11.5 Å². The van der Waals surface area contributed by atoms with E-state index in [1.807, 2.05) is 33.8 Å². The summed E-state index contributed by atoms with van der Waals surface area (Å²) in [5.74, 6) is 1.28. The lowest BCUT2D eigenvalue weighted by Crippen LogP contribution is -2.15. The lowest BCUT2D eigenvalue weighted by atomic mass is 10.2. The van der Waals surface area contributed by atoms with Gasteiger partial charge in [0, 0.05) is 6.07 Å². The highest BCUT2D eigenvalue weighted by Crippen LogP contribution is 2.29. The van der Waals surface area contributed by atoms with E-state index in [0.29, 0.717) is 35.6 Å². The van der Waals surface area contributed by atoms with Crippen LogP contribution in [0.2, 0.25) is 0 Å². The highest BCUT2D eigenvalue weighted by molar-refractivity contribution is 7.99. The second-order valence-electron chi connectivity index (χ2n) is 5.13. The van der Waals surface area contributed by atoms with Gasteiger partial charge in [-0.15, -0.1) is 5.10 Å². The number of ether oxygens (including phenoxy) is 2. The zero-order valence-corrected chi connectivity index (χ0v) is 15.6. The summed E-state index contributed by atoms with van der Waals surface area (Å²) < 4.78 is 11.0. The minimum absolute atomic E-state index is 0.175. The number of rotatable bonds is 8. The van der Waals surface area contributed by atoms with Crippen molar-refractivity contribution in [1.82, 2.24) is 15.2 Å². The molecule has 0 saturated heterocycles. The van der Waals surface area contributed by atoms with Gasteiger partial charge in [0.1, 0.15) is 11.5 Å². The first kappa shape index (κ1) is 19.0. The molecule has 0 radical (unpaired) electrons. The van der Waals surface area contributed by atoms with Gasteiger partial charge in [0.25, 0.3) is 0 Å². The topological polar surface area (TPSA) is 86.2 Å². The Morgan fingerprint density at radius 2 is 1.88 bits per heavy atom. The lowest BCUT2D eigenvalue weighted by molar-refractivity contribution is -0.113. The fourth-order valence-corrected chi connectivity index (χ4v) is 2.59. The molecule has 0 aliphatic carbocycles. The Balaban J connectivity index is 2.02. The van der Waals surface area contributed by atoms with Gasteiger partial charge in [-0.1, -0.05) is 11.8 Å². The van der Waals surface area contributed by atoms with Crippen LogP contribution in [0.1, 0.15) is 25.2 Å². The van der Waals surface area contributed by atoms with Gasteiger partial charge < -0.3 is 14.8 Å². The monoisotopic (exact) mass is 362 g/mol. The average molecular weight is 362 g/mol. The van der Waals surface area contributed by atoms with Crippen LogP contribution in [0.3, 0.4) is 0 Å². The Kier molecular flexibility index (Phi) is 7.00. The first-order valence-corrected chi connectivity index (χ1v) is 9.02. The smallest absolute Gasteiger partial charge is 0.234 e. The molecular weight excluding hydrogens is 340 g/mol. The van der Waals surface area contributed by atoms with Gasteiger partial charge in [-0.05, 0) is 39.8 Å². The fourth-order valence-electron chi connectivity index (χ4n) is 1.96. The summed E-state index contributed by atoms with van der Waals surface area (Å²) in [6.45, 7) is 8.56. The molecule has 0 spiro atoms. The van der Waals surface area contributed by atoms with E-state index in [9.17, 15) is 4.79 Å². The predicted octanol–water partition coefficient (Wildman–Crippen LogP) is 3.02. The van der Waals surface area contributed by atoms with Crippen LogP contribution in [0.25, 0.3) is 0 Å². The summed E-state index contributed by atoms with van der Waals surface area (Å²) in [5.41, 5.74) is 2.17. The summed E-state index contributed by atoms with van der Waals surface area (Å²) in [4.78, 5) is 16.6. The van der Waals surface area contributed by atoms with Crippen molar-refractivity contribution in [2.75, 3.05) is 24.3 Å². The minimum Gasteiger partial charge on any atom is -0.494 e. The van der Waals surface area contributed by atoms with Crippen molar-refractivity contribution in [2.24, 2.45) is 0 Å². The number of aryl methyl sites for hydroxylation is 2. The van der Waals surface area contributed by atoms with Crippen LogP contribution >= 0.6 is 11.8 Å². The molecule has 0 bridgehead atoms. The van der Waals surface area contributed by atoms with Crippen molar-refractivity contribution < 1.29 is 14.3 Å². The molecule has 0 saturated carbocycles. The number of thioether (sulfide) groups is 1. The standard InChI is InChI=1S/C17H22N4O3S/c1-5-23-13-7-8-15(24-6-2)14(9-13)19-16(22)10-25-17-18-11(3)12(4)20-21-17/h7-9H,5-6,10H2,1-4H3,(H,19,22). The van der Waals surface area contributed by atoms with Gasteiger partial charge in [0.2, 0.25) is 11.1 Å². The summed E-state index contributed by atoms with van der Waals surface area (Å²) in [5, 5.41) is 11.3. The molecule has 1 aromatic heterocycles. The molecule has 1 amide bonds. The van der Waals surface area contributed by atoms with E-state index < -0.39 is 0 Å². The highest BCUT2D eigenvalue weighted by Gasteiger charge is 2.11. The summed E-state index contributed by atoms with van der Waals surface area (Å²) in [6.07, 6.45) is 0. The number of nitrogens with zero attached hydrogens (tertiary/aromatic N) is 3. The van der Waals surface area contributed by atoms with Crippen LogP contribution < -0.4 is 14.8 Å². The minimum atomic E-state index is -0.179. The molecule has 0 atom stereocenters. The molecule has 134 valence electrons. The van der Waals surface area contributed by atoms with Gasteiger partial charge in [-0.3, -0.25) is 4.79 Å². The van der Waals surface area contributed by atoms with Crippen molar-refractivity contribution in [1.29, 1.82) is 0 Å². The first-order valence-electron chi connectivity index (χ1n) is 8.03. The molecule has 2 aromatic rings. The van der Waals surface area contributed by atoms with Gasteiger partial charge in [0.15, 0.2) is 0 Å². The number of aromatic nitrogens is 3. The number of hydrogen-bond donors (Lipinski definition) is 1. The predicted molar refractivity (Wildman–Crippen MR) is 97.4 cm³/mol. The average Bonchev–Trinajstić information content (AvgIpc) is 2.59. The van der Waals surface area contributed by atoms with Crippen LogP contribution in [-0.2, 0) is 4.79 Å². The molecule has 1 N–H and O–H groups in total. The maximum absolute atomic E-state index is 12.3. The molecule has 0 unspecified atom stereocenters. The molecule has 25 heavy (non-hydrogen) atoms. The molecule has 8 heteroatoms. The van der Waals surface area contributed by atoms with Crippen molar-refractivity contribution in [3.63, 3.8) is 0 Å². The summed E-state index contributed by atoms with van der Waals surface area (Å²) in [6, 6.07) is 5.35. The second-order valence-corrected chi connectivity index (χ2v) is 6.07. The molecule has 1 aromatic carbocycles. The Labute approximate surface area is 151 Å². The maximum atomic E-state index is 12.3. The third-order valence-electron chi connectivity index (χ3n) is 3.24. The Hall–Kier alpha value is -2.35. The van der Waals surface area contributed by atoms with E-state index in [1.54, 1.807) is 12.1 Å². The maximum Gasteiger partial charge on any atom is 0.234 e. The zero-order chi connectivity index (χ0) is 18.2. The van der Waals surface area contributed by atoms with Gasteiger partial charge in [-0.25, -0.2) is 4.98 Å². The Morgan fingerprint density at radius 1 is 1.12 bits per heavy atom. The van der Waals surface area contributed by atoms with Crippen LogP contribution in [-0.4, -0.2) is 40.1 Å². The van der Waals surface area contributed by atoms with E-state index in [-0.39, 0.29) is 11.7 Å². The van der Waals surface area contributed by atoms with Gasteiger partial charge in [-0.2, -0.15) is 5.10 Å². The van der Waals surface area contributed by atoms with Crippen molar-refractivity contribution >= 4 is 23.4 Å². The summed E-state index contributed by atoms with van der Waals surface area (Å²) in [7, 11) is 0. The second kappa shape index (κ2) is 9.22. The van der Waals surface area contributed by atoms with E-state index in [2.05, 4.69) is 20.5 Å². The van der Waals surface area contributed by atoms with Crippen molar-refractivity contribution in [3.05, 3.63) is 29.6 Å². The molecule has 0 fully saturated rings. The number of hydrogen-bond acceptors (Lipinski definition) is 7. The van der Waals surface area contributed by atoms with E-state index in [4.69, 9.17) is 9.47 Å². The van der Waals surface area contributed by atoms with Gasteiger partial charge >= 0.3 is 0 Å². The Bertz CT molecular complexity index is 740. The van der Waals surface area contributed by atoms with Crippen molar-refractivity contribution in [3.8, 4) is 11.5 Å². The van der Waals surface area contributed by atoms with Crippen LogP contribution in [0.15, 0.2) is 23.4 Å². The zero-order valence-electron chi connectivity index (χ0n) is 14.8. The SMILES string of the molecule is CCOc1ccc(OCC)c(NC(=O)CSc2nnc(C)c(C)n2)c1. The van der Waals surface area contributed by atoms with E-state index in [1.165, 1.54) is 11.8 Å². The molecule has 7 nitrogen and oxygen atoms in total. The highest BCUT2D eigenvalue weighted by atomic mass is 32.2. The molecule has 2 rings (SSSR count). The van der Waals surface area contributed by atoms with Gasteiger partial charge in [0.05, 0.1) is 36.0 Å². The molecular formula is C17H22N4O3S. The number of benzene rings is 1. The number of nitrogens with one attached hydrogen (secondary N) is 1. The van der Waals surface area contributed by atoms with Crippen molar-refractivity contribution in [2.45, 2.75) is 32.9 Å². The van der Waals surface area contributed by atoms with Crippen LogP contribution in [0.4, 0.5) is 5.69 Å². The van der Waals surface area contributed by atoms with Crippen LogP contribution in [0, 0.1) is 13.8 Å². The fraction of sp³-hybridized carbons (Fsp3) is 0.412. The number of amides is 1. The number of carbonyl (C=O) groups is 1. The van der Waals surface area contributed by atoms with E-state index >= 15 is 0 Å². The molecule has 0 aliphatic rings. The number of carbonyl (C=O) groups excluding carboxylic acids is 1. The normalized spacial score (nSPS) is 10.4. The first-order chi connectivity index (χ1) is 12.0. The largest absolute Gasteiger partial charge is 0.494 e.